The monoisotopic (exact) mass is 375 g/mol. The van der Waals surface area contributed by atoms with Crippen molar-refractivity contribution in [1.29, 1.82) is 0 Å². The third-order valence-electron chi connectivity index (χ3n) is 5.27. The summed E-state index contributed by atoms with van der Waals surface area (Å²) in [5.74, 6) is 1.60. The van der Waals surface area contributed by atoms with Gasteiger partial charge >= 0.3 is 0 Å². The predicted octanol–water partition coefficient (Wildman–Crippen LogP) is 5.00. The molecule has 1 aromatic heterocycles. The van der Waals surface area contributed by atoms with Crippen LogP contribution in [0.15, 0.2) is 47.0 Å². The maximum Gasteiger partial charge on any atom is 0.232 e. The molecule has 1 atom stereocenters. The highest BCUT2D eigenvalue weighted by molar-refractivity contribution is 5.96. The van der Waals surface area contributed by atoms with Crippen LogP contribution >= 0.6 is 0 Å². The second-order valence-electron chi connectivity index (χ2n) is 7.98. The number of carbonyl (C=O) groups excluding carboxylic acids is 1. The minimum atomic E-state index is -0.0792. The van der Waals surface area contributed by atoms with Gasteiger partial charge in [0.2, 0.25) is 17.6 Å². The van der Waals surface area contributed by atoms with E-state index in [9.17, 15) is 4.79 Å². The zero-order valence-electron chi connectivity index (χ0n) is 16.8. The van der Waals surface area contributed by atoms with Crippen molar-refractivity contribution in [3.05, 3.63) is 65.0 Å². The molecule has 0 bridgehead atoms. The zero-order chi connectivity index (χ0) is 19.8. The molecule has 1 aliphatic heterocycles. The topological polar surface area (TPSA) is 59.2 Å². The molecule has 0 aliphatic carbocycles. The second-order valence-corrected chi connectivity index (χ2v) is 7.98. The van der Waals surface area contributed by atoms with Gasteiger partial charge in [-0.25, -0.2) is 0 Å². The van der Waals surface area contributed by atoms with E-state index in [1.54, 1.807) is 0 Å². The average Bonchev–Trinajstić information content (AvgIpc) is 3.28. The van der Waals surface area contributed by atoms with Crippen molar-refractivity contribution in [2.75, 3.05) is 11.4 Å². The lowest BCUT2D eigenvalue weighted by molar-refractivity contribution is -0.117. The van der Waals surface area contributed by atoms with E-state index in [-0.39, 0.29) is 11.8 Å². The van der Waals surface area contributed by atoms with Gasteiger partial charge in [-0.05, 0) is 48.6 Å². The first-order valence-corrected chi connectivity index (χ1v) is 9.73. The van der Waals surface area contributed by atoms with E-state index in [1.165, 1.54) is 5.56 Å². The molecule has 2 aromatic carbocycles. The number of hydrogen-bond acceptors (Lipinski definition) is 4. The molecule has 5 heteroatoms. The van der Waals surface area contributed by atoms with Gasteiger partial charge in [-0.3, -0.25) is 4.79 Å². The molecule has 5 nitrogen and oxygen atoms in total. The van der Waals surface area contributed by atoms with Crippen LogP contribution in [0.25, 0.3) is 11.4 Å². The molecule has 2 heterocycles. The molecule has 3 aromatic rings. The van der Waals surface area contributed by atoms with Crippen LogP contribution in [0.2, 0.25) is 0 Å². The summed E-state index contributed by atoms with van der Waals surface area (Å²) >= 11 is 0. The third kappa shape index (κ3) is 3.57. The molecule has 28 heavy (non-hydrogen) atoms. The van der Waals surface area contributed by atoms with E-state index in [0.29, 0.717) is 30.6 Å². The van der Waals surface area contributed by atoms with Crippen LogP contribution in [0.3, 0.4) is 0 Å². The molecule has 1 aliphatic rings. The number of aromatic nitrogens is 2. The molecule has 0 radical (unpaired) electrons. The number of rotatable bonds is 4. The van der Waals surface area contributed by atoms with E-state index in [2.05, 4.69) is 42.2 Å². The lowest BCUT2D eigenvalue weighted by Gasteiger charge is -2.17. The fourth-order valence-electron chi connectivity index (χ4n) is 3.76. The summed E-state index contributed by atoms with van der Waals surface area (Å²) in [5.41, 5.74) is 5.44. The molecule has 144 valence electrons. The highest BCUT2D eigenvalue weighted by Crippen LogP contribution is 2.33. The number of amides is 1. The highest BCUT2D eigenvalue weighted by Gasteiger charge is 2.35. The smallest absolute Gasteiger partial charge is 0.232 e. The molecule has 1 unspecified atom stereocenters. The van der Waals surface area contributed by atoms with E-state index in [1.807, 2.05) is 43.0 Å². The summed E-state index contributed by atoms with van der Waals surface area (Å²) in [6.45, 7) is 8.99. The van der Waals surface area contributed by atoms with Gasteiger partial charge in [0, 0.05) is 24.2 Å². The first kappa shape index (κ1) is 18.4. The Morgan fingerprint density at radius 1 is 1.07 bits per heavy atom. The molecule has 1 saturated heterocycles. The van der Waals surface area contributed by atoms with Crippen LogP contribution in [0.1, 0.15) is 54.7 Å². The number of nitrogens with zero attached hydrogens (tertiary/aromatic N) is 3. The van der Waals surface area contributed by atoms with Crippen LogP contribution in [0, 0.1) is 13.8 Å². The maximum atomic E-state index is 12.6. The van der Waals surface area contributed by atoms with Gasteiger partial charge < -0.3 is 9.42 Å². The minimum Gasteiger partial charge on any atom is -0.339 e. The van der Waals surface area contributed by atoms with Gasteiger partial charge in [-0.2, -0.15) is 4.98 Å². The van der Waals surface area contributed by atoms with Crippen molar-refractivity contribution in [3.63, 3.8) is 0 Å². The van der Waals surface area contributed by atoms with Crippen LogP contribution in [0.4, 0.5) is 5.69 Å². The quantitative estimate of drug-likeness (QED) is 0.644. The Morgan fingerprint density at radius 2 is 1.75 bits per heavy atom. The Kier molecular flexibility index (Phi) is 4.75. The second kappa shape index (κ2) is 7.23. The zero-order valence-corrected chi connectivity index (χ0v) is 16.8. The van der Waals surface area contributed by atoms with Gasteiger partial charge in [0.1, 0.15) is 0 Å². The molecule has 4 rings (SSSR count). The van der Waals surface area contributed by atoms with Gasteiger partial charge in [-0.1, -0.05) is 49.3 Å². The normalized spacial score (nSPS) is 17.0. The first-order valence-electron chi connectivity index (χ1n) is 9.73. The molecular formula is C23H25N3O2. The van der Waals surface area contributed by atoms with Crippen LogP contribution < -0.4 is 4.90 Å². The number of carbonyl (C=O) groups is 1. The predicted molar refractivity (Wildman–Crippen MR) is 109 cm³/mol. The van der Waals surface area contributed by atoms with Crippen LogP contribution in [-0.2, 0) is 4.79 Å². The van der Waals surface area contributed by atoms with Crippen molar-refractivity contribution in [3.8, 4) is 11.4 Å². The Bertz CT molecular complexity index is 985. The van der Waals surface area contributed by atoms with Crippen LogP contribution in [-0.4, -0.2) is 22.6 Å². The fourth-order valence-corrected chi connectivity index (χ4v) is 3.76. The van der Waals surface area contributed by atoms with E-state index >= 15 is 0 Å². The highest BCUT2D eigenvalue weighted by atomic mass is 16.5. The summed E-state index contributed by atoms with van der Waals surface area (Å²) in [6.07, 6.45) is 0.390. The van der Waals surface area contributed by atoms with Gasteiger partial charge in [0.25, 0.3) is 0 Å². The average molecular weight is 375 g/mol. The number of aryl methyl sites for hydroxylation is 2. The Morgan fingerprint density at radius 3 is 2.39 bits per heavy atom. The Balaban J connectivity index is 1.53. The van der Waals surface area contributed by atoms with Crippen molar-refractivity contribution in [1.82, 2.24) is 10.1 Å². The molecule has 0 N–H and O–H groups in total. The number of benzene rings is 2. The van der Waals surface area contributed by atoms with Gasteiger partial charge in [0.05, 0.1) is 5.92 Å². The van der Waals surface area contributed by atoms with Gasteiger partial charge in [0.15, 0.2) is 0 Å². The molecule has 0 saturated carbocycles. The van der Waals surface area contributed by atoms with Crippen molar-refractivity contribution >= 4 is 11.6 Å². The molecular weight excluding hydrogens is 350 g/mol. The number of anilines is 1. The Labute approximate surface area is 165 Å². The maximum absolute atomic E-state index is 12.6. The standard InChI is InChI=1S/C23H25N3O2/c1-14(2)17-5-7-18(8-6-17)22-24-23(28-25-22)19-12-21(27)26(13-19)20-10-15(3)9-16(4)11-20/h5-11,14,19H,12-13H2,1-4H3. The van der Waals surface area contributed by atoms with E-state index in [4.69, 9.17) is 4.52 Å². The van der Waals surface area contributed by atoms with Crippen molar-refractivity contribution < 1.29 is 9.32 Å². The summed E-state index contributed by atoms with van der Waals surface area (Å²) in [6, 6.07) is 14.4. The lowest BCUT2D eigenvalue weighted by Crippen LogP contribution is -2.24. The molecule has 1 fully saturated rings. The molecule has 1 amide bonds. The summed E-state index contributed by atoms with van der Waals surface area (Å²) < 4.78 is 5.52. The Hall–Kier alpha value is -2.95. The first-order chi connectivity index (χ1) is 13.4. The van der Waals surface area contributed by atoms with Crippen LogP contribution in [0.5, 0.6) is 0 Å². The van der Waals surface area contributed by atoms with Crippen molar-refractivity contribution in [2.45, 2.75) is 46.0 Å². The van der Waals surface area contributed by atoms with Gasteiger partial charge in [-0.15, -0.1) is 0 Å². The SMILES string of the molecule is Cc1cc(C)cc(N2CC(c3nc(-c4ccc(C(C)C)cc4)no3)CC2=O)c1. The lowest BCUT2D eigenvalue weighted by atomic mass is 10.0. The fraction of sp³-hybridized carbons (Fsp3) is 0.348. The molecule has 0 spiro atoms. The van der Waals surface area contributed by atoms with E-state index in [0.717, 1.165) is 22.4 Å². The van der Waals surface area contributed by atoms with Crippen molar-refractivity contribution in [2.24, 2.45) is 0 Å². The summed E-state index contributed by atoms with van der Waals surface area (Å²) in [4.78, 5) is 19.0. The summed E-state index contributed by atoms with van der Waals surface area (Å²) in [7, 11) is 0. The largest absolute Gasteiger partial charge is 0.339 e. The minimum absolute atomic E-state index is 0.0792. The summed E-state index contributed by atoms with van der Waals surface area (Å²) in [5, 5.41) is 4.14. The van der Waals surface area contributed by atoms with E-state index < -0.39 is 0 Å². The number of hydrogen-bond donors (Lipinski definition) is 0. The third-order valence-corrected chi connectivity index (χ3v) is 5.27.